The third kappa shape index (κ3) is 4.77. The van der Waals surface area contributed by atoms with E-state index in [1.54, 1.807) is 11.9 Å². The molecule has 0 unspecified atom stereocenters. The Labute approximate surface area is 148 Å². The Bertz CT molecular complexity index is 710. The van der Waals surface area contributed by atoms with Crippen LogP contribution in [0.5, 0.6) is 0 Å². The van der Waals surface area contributed by atoms with Crippen molar-refractivity contribution in [3.05, 3.63) is 29.8 Å². The molecule has 1 aromatic rings. The van der Waals surface area contributed by atoms with Crippen LogP contribution in [0.3, 0.4) is 0 Å². The molecule has 0 saturated carbocycles. The molecule has 1 heterocycles. The third-order valence-corrected chi connectivity index (χ3v) is 6.01. The molecule has 0 aliphatic carbocycles. The van der Waals surface area contributed by atoms with Gasteiger partial charge in [0.25, 0.3) is 5.91 Å². The molecule has 2 amide bonds. The molecule has 1 aromatic carbocycles. The van der Waals surface area contributed by atoms with E-state index in [1.165, 1.54) is 35.5 Å². The van der Waals surface area contributed by atoms with Crippen LogP contribution >= 0.6 is 0 Å². The molecule has 0 spiro atoms. The van der Waals surface area contributed by atoms with Gasteiger partial charge in [-0.3, -0.25) is 9.59 Å². The molecular weight excluding hydrogens is 344 g/mol. The second kappa shape index (κ2) is 8.41. The molecule has 0 radical (unpaired) electrons. The minimum Gasteiger partial charge on any atom is -0.351 e. The van der Waals surface area contributed by atoms with Crippen molar-refractivity contribution in [1.82, 2.24) is 19.8 Å². The van der Waals surface area contributed by atoms with E-state index in [0.29, 0.717) is 31.7 Å². The van der Waals surface area contributed by atoms with Gasteiger partial charge in [-0.05, 0) is 31.3 Å². The van der Waals surface area contributed by atoms with Gasteiger partial charge >= 0.3 is 0 Å². The summed E-state index contributed by atoms with van der Waals surface area (Å²) in [5, 5.41) is 5.66. The molecule has 2 N–H and O–H groups in total. The predicted molar refractivity (Wildman–Crippen MR) is 93.7 cm³/mol. The van der Waals surface area contributed by atoms with E-state index in [2.05, 4.69) is 10.6 Å². The first-order chi connectivity index (χ1) is 11.9. The largest absolute Gasteiger partial charge is 0.351 e. The summed E-state index contributed by atoms with van der Waals surface area (Å²) in [7, 11) is -1.83. The summed E-state index contributed by atoms with van der Waals surface area (Å²) in [6.45, 7) is 3.95. The molecule has 8 nitrogen and oxygen atoms in total. The summed E-state index contributed by atoms with van der Waals surface area (Å²) < 4.78 is 26.7. The minimum absolute atomic E-state index is 0.0503. The zero-order valence-electron chi connectivity index (χ0n) is 14.5. The summed E-state index contributed by atoms with van der Waals surface area (Å²) in [5.41, 5.74) is 0.413. The highest BCUT2D eigenvalue weighted by Gasteiger charge is 2.29. The zero-order chi connectivity index (χ0) is 18.4. The zero-order valence-corrected chi connectivity index (χ0v) is 15.3. The summed E-state index contributed by atoms with van der Waals surface area (Å²) in [6, 6.07) is 5.90. The van der Waals surface area contributed by atoms with Crippen molar-refractivity contribution in [3.63, 3.8) is 0 Å². The molecule has 1 aliphatic heterocycles. The molecule has 25 heavy (non-hydrogen) atoms. The van der Waals surface area contributed by atoms with E-state index in [0.717, 1.165) is 0 Å². The fraction of sp³-hybridized carbons (Fsp3) is 0.500. The maximum Gasteiger partial charge on any atom is 0.251 e. The van der Waals surface area contributed by atoms with Crippen LogP contribution in [0, 0.1) is 0 Å². The fourth-order valence-electron chi connectivity index (χ4n) is 2.57. The van der Waals surface area contributed by atoms with Crippen molar-refractivity contribution in [3.8, 4) is 0 Å². The fourth-order valence-corrected chi connectivity index (χ4v) is 4.00. The van der Waals surface area contributed by atoms with Gasteiger partial charge in [-0.1, -0.05) is 0 Å². The maximum atomic E-state index is 12.7. The smallest absolute Gasteiger partial charge is 0.251 e. The van der Waals surface area contributed by atoms with Crippen molar-refractivity contribution in [2.24, 2.45) is 0 Å². The number of carbonyl (C=O) groups is 2. The molecule has 0 atom stereocenters. The molecule has 0 bridgehead atoms. The monoisotopic (exact) mass is 368 g/mol. The highest BCUT2D eigenvalue weighted by atomic mass is 32.2. The van der Waals surface area contributed by atoms with E-state index < -0.39 is 10.0 Å². The number of likely N-dealkylation sites (N-methyl/N-ethyl adjacent to an activating group) is 1. The van der Waals surface area contributed by atoms with Gasteiger partial charge < -0.3 is 15.5 Å². The van der Waals surface area contributed by atoms with Crippen LogP contribution in [-0.2, 0) is 14.8 Å². The first kappa shape index (κ1) is 19.4. The molecular formula is C16H24N4O4S. The Kier molecular flexibility index (Phi) is 6.51. The number of amides is 2. The van der Waals surface area contributed by atoms with Gasteiger partial charge in [-0.25, -0.2) is 8.42 Å². The molecule has 1 saturated heterocycles. The lowest BCUT2D eigenvalue weighted by Crippen LogP contribution is -2.49. The predicted octanol–water partition coefficient (Wildman–Crippen LogP) is -0.511. The highest BCUT2D eigenvalue weighted by Crippen LogP contribution is 2.18. The number of nitrogens with one attached hydrogen (secondary N) is 2. The molecule has 138 valence electrons. The third-order valence-electron chi connectivity index (χ3n) is 4.10. The summed E-state index contributed by atoms with van der Waals surface area (Å²) in [6.07, 6.45) is 0. The van der Waals surface area contributed by atoms with Crippen LogP contribution in [0.2, 0.25) is 0 Å². The van der Waals surface area contributed by atoms with Crippen LogP contribution in [0.4, 0.5) is 0 Å². The summed E-state index contributed by atoms with van der Waals surface area (Å²) in [5.74, 6) is -0.292. The summed E-state index contributed by atoms with van der Waals surface area (Å²) >= 11 is 0. The van der Waals surface area contributed by atoms with E-state index >= 15 is 0 Å². The number of piperazine rings is 1. The van der Waals surface area contributed by atoms with Crippen molar-refractivity contribution in [2.75, 3.05) is 46.3 Å². The van der Waals surface area contributed by atoms with Crippen LogP contribution in [0.1, 0.15) is 17.3 Å². The maximum absolute atomic E-state index is 12.7. The van der Waals surface area contributed by atoms with Crippen LogP contribution in [-0.4, -0.2) is 75.8 Å². The van der Waals surface area contributed by atoms with Crippen molar-refractivity contribution in [2.45, 2.75) is 11.8 Å². The number of nitrogens with zero attached hydrogens (tertiary/aromatic N) is 2. The quantitative estimate of drug-likeness (QED) is 0.659. The number of benzene rings is 1. The van der Waals surface area contributed by atoms with E-state index in [4.69, 9.17) is 0 Å². The molecule has 1 fully saturated rings. The van der Waals surface area contributed by atoms with E-state index in [1.807, 2.05) is 0 Å². The average Bonchev–Trinajstić information content (AvgIpc) is 2.62. The van der Waals surface area contributed by atoms with Gasteiger partial charge in [0, 0.05) is 51.8 Å². The summed E-state index contributed by atoms with van der Waals surface area (Å²) in [4.78, 5) is 25.1. The SMILES string of the molecule is CNCCNC(=O)c1ccc(S(=O)(=O)N2CCN(C(C)=O)CC2)cc1. The lowest BCUT2D eigenvalue weighted by atomic mass is 10.2. The lowest BCUT2D eigenvalue weighted by molar-refractivity contribution is -0.129. The second-order valence-electron chi connectivity index (χ2n) is 5.79. The van der Waals surface area contributed by atoms with Crippen LogP contribution in [0.15, 0.2) is 29.2 Å². The number of hydrogen-bond donors (Lipinski definition) is 2. The topological polar surface area (TPSA) is 98.8 Å². The Balaban J connectivity index is 2.03. The van der Waals surface area contributed by atoms with Gasteiger partial charge in [0.15, 0.2) is 0 Å². The van der Waals surface area contributed by atoms with Crippen molar-refractivity contribution in [1.29, 1.82) is 0 Å². The normalized spacial score (nSPS) is 15.8. The second-order valence-corrected chi connectivity index (χ2v) is 7.73. The Morgan fingerprint density at radius 1 is 1.04 bits per heavy atom. The average molecular weight is 368 g/mol. The van der Waals surface area contributed by atoms with Gasteiger partial charge in [-0.15, -0.1) is 0 Å². The van der Waals surface area contributed by atoms with Crippen LogP contribution < -0.4 is 10.6 Å². The standard InChI is InChI=1S/C16H24N4O4S/c1-13(21)19-9-11-20(12-10-19)25(23,24)15-5-3-14(4-6-15)16(22)18-8-7-17-2/h3-6,17H,7-12H2,1-2H3,(H,18,22). The van der Waals surface area contributed by atoms with E-state index in [-0.39, 0.29) is 29.8 Å². The lowest BCUT2D eigenvalue weighted by Gasteiger charge is -2.33. The minimum atomic E-state index is -3.62. The molecule has 9 heteroatoms. The van der Waals surface area contributed by atoms with Crippen molar-refractivity contribution < 1.29 is 18.0 Å². The molecule has 2 rings (SSSR count). The van der Waals surface area contributed by atoms with Crippen molar-refractivity contribution >= 4 is 21.8 Å². The Morgan fingerprint density at radius 2 is 1.64 bits per heavy atom. The number of sulfonamides is 1. The van der Waals surface area contributed by atoms with E-state index in [9.17, 15) is 18.0 Å². The van der Waals surface area contributed by atoms with Gasteiger partial charge in [0.05, 0.1) is 4.90 Å². The first-order valence-corrected chi connectivity index (χ1v) is 9.59. The number of rotatable bonds is 6. The van der Waals surface area contributed by atoms with Gasteiger partial charge in [-0.2, -0.15) is 4.31 Å². The van der Waals surface area contributed by atoms with Crippen LogP contribution in [0.25, 0.3) is 0 Å². The first-order valence-electron chi connectivity index (χ1n) is 8.15. The van der Waals surface area contributed by atoms with Gasteiger partial charge in [0.2, 0.25) is 15.9 Å². The Morgan fingerprint density at radius 3 is 2.16 bits per heavy atom. The Hall–Kier alpha value is -1.97. The number of hydrogen-bond acceptors (Lipinski definition) is 5. The molecule has 0 aromatic heterocycles. The highest BCUT2D eigenvalue weighted by molar-refractivity contribution is 7.89. The number of carbonyl (C=O) groups excluding carboxylic acids is 2. The molecule has 1 aliphatic rings. The van der Waals surface area contributed by atoms with Gasteiger partial charge in [0.1, 0.15) is 0 Å².